The average molecular weight is 377 g/mol. The number of carbonyl (C=O) groups excluding carboxylic acids is 2. The summed E-state index contributed by atoms with van der Waals surface area (Å²) in [6.07, 6.45) is 4.51. The van der Waals surface area contributed by atoms with E-state index >= 15 is 0 Å². The van der Waals surface area contributed by atoms with E-state index in [-0.39, 0.29) is 17.7 Å². The molecule has 0 bridgehead atoms. The Bertz CT molecular complexity index is 860. The molecule has 1 aliphatic heterocycles. The predicted octanol–water partition coefficient (Wildman–Crippen LogP) is 3.66. The lowest BCUT2D eigenvalue weighted by Gasteiger charge is -2.32. The van der Waals surface area contributed by atoms with Gasteiger partial charge in [-0.1, -0.05) is 61.0 Å². The highest BCUT2D eigenvalue weighted by Gasteiger charge is 2.47. The van der Waals surface area contributed by atoms with Gasteiger partial charge < -0.3 is 10.2 Å². The number of nitrogens with zero attached hydrogens (tertiary/aromatic N) is 1. The zero-order valence-corrected chi connectivity index (χ0v) is 16.5. The van der Waals surface area contributed by atoms with E-state index in [0.717, 1.165) is 36.0 Å². The van der Waals surface area contributed by atoms with Crippen LogP contribution >= 0.6 is 0 Å². The first-order chi connectivity index (χ1) is 13.6. The van der Waals surface area contributed by atoms with E-state index in [4.69, 9.17) is 0 Å². The minimum absolute atomic E-state index is 0.0410. The molecule has 1 atom stereocenters. The van der Waals surface area contributed by atoms with Gasteiger partial charge in [-0.05, 0) is 42.4 Å². The van der Waals surface area contributed by atoms with Crippen molar-refractivity contribution in [1.29, 1.82) is 0 Å². The Hall–Kier alpha value is -2.62. The lowest BCUT2D eigenvalue weighted by molar-refractivity contribution is -0.138. The molecule has 4 heteroatoms. The summed E-state index contributed by atoms with van der Waals surface area (Å²) in [4.78, 5) is 27.7. The number of hydrogen-bond acceptors (Lipinski definition) is 2. The van der Waals surface area contributed by atoms with Gasteiger partial charge in [-0.25, -0.2) is 0 Å². The number of amides is 2. The molecule has 2 aliphatic rings. The summed E-state index contributed by atoms with van der Waals surface area (Å²) < 4.78 is 0. The van der Waals surface area contributed by atoms with Crippen LogP contribution in [0, 0.1) is 11.3 Å². The Morgan fingerprint density at radius 2 is 1.79 bits per heavy atom. The Kier molecular flexibility index (Phi) is 5.21. The van der Waals surface area contributed by atoms with Gasteiger partial charge in [0.1, 0.15) is 0 Å². The smallest absolute Gasteiger partial charge is 0.228 e. The SMILES string of the molecule is CNC(=O)[C@]1(Cc2ccccc2-c2ccccc2)CCN(C(=O)C2CCC2)C1. The molecule has 1 N–H and O–H groups in total. The van der Waals surface area contributed by atoms with Crippen LogP contribution in [0.2, 0.25) is 0 Å². The summed E-state index contributed by atoms with van der Waals surface area (Å²) >= 11 is 0. The van der Waals surface area contributed by atoms with E-state index in [0.29, 0.717) is 25.9 Å². The average Bonchev–Trinajstić information content (AvgIpc) is 3.12. The molecule has 2 amide bonds. The normalized spacial score (nSPS) is 22.0. The molecule has 1 heterocycles. The second-order valence-corrected chi connectivity index (χ2v) is 8.20. The van der Waals surface area contributed by atoms with E-state index in [1.54, 1.807) is 7.05 Å². The first-order valence-electron chi connectivity index (χ1n) is 10.3. The minimum Gasteiger partial charge on any atom is -0.359 e. The molecule has 28 heavy (non-hydrogen) atoms. The van der Waals surface area contributed by atoms with E-state index < -0.39 is 5.41 Å². The zero-order valence-electron chi connectivity index (χ0n) is 16.5. The maximum Gasteiger partial charge on any atom is 0.228 e. The van der Waals surface area contributed by atoms with Crippen molar-refractivity contribution in [1.82, 2.24) is 10.2 Å². The van der Waals surface area contributed by atoms with Crippen molar-refractivity contribution in [2.45, 2.75) is 32.1 Å². The van der Waals surface area contributed by atoms with Gasteiger partial charge in [-0.2, -0.15) is 0 Å². The predicted molar refractivity (Wildman–Crippen MR) is 111 cm³/mol. The maximum absolute atomic E-state index is 13.0. The molecule has 0 radical (unpaired) electrons. The van der Waals surface area contributed by atoms with Crippen LogP contribution in [0.25, 0.3) is 11.1 Å². The number of nitrogens with one attached hydrogen (secondary N) is 1. The molecule has 0 unspecified atom stereocenters. The van der Waals surface area contributed by atoms with E-state index in [1.807, 2.05) is 35.2 Å². The number of benzene rings is 2. The molecule has 4 rings (SSSR count). The molecule has 1 saturated carbocycles. The monoisotopic (exact) mass is 376 g/mol. The third-order valence-electron chi connectivity index (χ3n) is 6.46. The van der Waals surface area contributed by atoms with Crippen molar-refractivity contribution >= 4 is 11.8 Å². The molecule has 1 saturated heterocycles. The van der Waals surface area contributed by atoms with Crippen LogP contribution in [0.5, 0.6) is 0 Å². The summed E-state index contributed by atoms with van der Waals surface area (Å²) in [6.45, 7) is 1.20. The fourth-order valence-corrected chi connectivity index (χ4v) is 4.59. The third kappa shape index (κ3) is 3.44. The Morgan fingerprint density at radius 3 is 2.46 bits per heavy atom. The third-order valence-corrected chi connectivity index (χ3v) is 6.46. The molecule has 0 aromatic heterocycles. The number of likely N-dealkylation sites (tertiary alicyclic amines) is 1. The van der Waals surface area contributed by atoms with Gasteiger partial charge in [0.2, 0.25) is 11.8 Å². The topological polar surface area (TPSA) is 49.4 Å². The van der Waals surface area contributed by atoms with Crippen molar-refractivity contribution in [3.8, 4) is 11.1 Å². The molecular weight excluding hydrogens is 348 g/mol. The van der Waals surface area contributed by atoms with Gasteiger partial charge >= 0.3 is 0 Å². The Morgan fingerprint density at radius 1 is 1.07 bits per heavy atom. The van der Waals surface area contributed by atoms with Crippen molar-refractivity contribution in [2.75, 3.05) is 20.1 Å². The number of carbonyl (C=O) groups is 2. The summed E-state index contributed by atoms with van der Waals surface area (Å²) in [6, 6.07) is 18.6. The first-order valence-corrected chi connectivity index (χ1v) is 10.3. The summed E-state index contributed by atoms with van der Waals surface area (Å²) in [7, 11) is 1.70. The molecule has 2 fully saturated rings. The lowest BCUT2D eigenvalue weighted by Crippen LogP contribution is -2.45. The molecule has 146 valence electrons. The van der Waals surface area contributed by atoms with Gasteiger partial charge in [-0.15, -0.1) is 0 Å². The Labute approximate surface area is 166 Å². The number of hydrogen-bond donors (Lipinski definition) is 1. The van der Waals surface area contributed by atoms with Crippen LogP contribution in [0.1, 0.15) is 31.2 Å². The molecular formula is C24H28N2O2. The highest BCUT2D eigenvalue weighted by molar-refractivity contribution is 5.86. The summed E-state index contributed by atoms with van der Waals surface area (Å²) in [5, 5.41) is 2.87. The fraction of sp³-hybridized carbons (Fsp3) is 0.417. The standard InChI is InChI=1S/C24H28N2O2/c1-25-23(28)24(14-15-26(17-24)22(27)19-11-7-12-19)16-20-10-5-6-13-21(20)18-8-3-2-4-9-18/h2-6,8-10,13,19H,7,11-12,14-17H2,1H3,(H,25,28)/t24-/m0/s1. The minimum atomic E-state index is -0.557. The van der Waals surface area contributed by atoms with Crippen molar-refractivity contribution in [3.63, 3.8) is 0 Å². The quantitative estimate of drug-likeness (QED) is 0.866. The largest absolute Gasteiger partial charge is 0.359 e. The second kappa shape index (κ2) is 7.78. The Balaban J connectivity index is 1.62. The van der Waals surface area contributed by atoms with Gasteiger partial charge in [0, 0.05) is 26.1 Å². The van der Waals surface area contributed by atoms with Crippen molar-refractivity contribution < 1.29 is 9.59 Å². The van der Waals surface area contributed by atoms with Gasteiger partial charge in [0.25, 0.3) is 0 Å². The van der Waals surface area contributed by atoms with Crippen LogP contribution < -0.4 is 5.32 Å². The van der Waals surface area contributed by atoms with Gasteiger partial charge in [-0.3, -0.25) is 9.59 Å². The second-order valence-electron chi connectivity index (χ2n) is 8.20. The maximum atomic E-state index is 13.0. The molecule has 4 nitrogen and oxygen atoms in total. The molecule has 2 aromatic carbocycles. The fourth-order valence-electron chi connectivity index (χ4n) is 4.59. The zero-order chi connectivity index (χ0) is 19.6. The van der Waals surface area contributed by atoms with E-state index in [9.17, 15) is 9.59 Å². The number of rotatable bonds is 5. The molecule has 1 aliphatic carbocycles. The van der Waals surface area contributed by atoms with Crippen LogP contribution in [0.4, 0.5) is 0 Å². The molecule has 0 spiro atoms. The lowest BCUT2D eigenvalue weighted by atomic mass is 9.78. The van der Waals surface area contributed by atoms with Gasteiger partial charge in [0.15, 0.2) is 0 Å². The highest BCUT2D eigenvalue weighted by atomic mass is 16.2. The van der Waals surface area contributed by atoms with Crippen molar-refractivity contribution in [2.24, 2.45) is 11.3 Å². The summed E-state index contributed by atoms with van der Waals surface area (Å²) in [5.41, 5.74) is 2.93. The summed E-state index contributed by atoms with van der Waals surface area (Å²) in [5.74, 6) is 0.463. The van der Waals surface area contributed by atoms with Gasteiger partial charge in [0.05, 0.1) is 5.41 Å². The van der Waals surface area contributed by atoms with Crippen molar-refractivity contribution in [3.05, 3.63) is 60.2 Å². The first kappa shape index (κ1) is 18.7. The molecule has 2 aromatic rings. The van der Waals surface area contributed by atoms with Crippen LogP contribution in [0.3, 0.4) is 0 Å². The van der Waals surface area contributed by atoms with E-state index in [1.165, 1.54) is 0 Å². The highest BCUT2D eigenvalue weighted by Crippen LogP contribution is 2.39. The van der Waals surface area contributed by atoms with Crippen LogP contribution in [-0.2, 0) is 16.0 Å². The van der Waals surface area contributed by atoms with Crippen LogP contribution in [-0.4, -0.2) is 36.9 Å². The van der Waals surface area contributed by atoms with Crippen LogP contribution in [0.15, 0.2) is 54.6 Å². The van der Waals surface area contributed by atoms with E-state index in [2.05, 4.69) is 29.6 Å².